The van der Waals surface area contributed by atoms with Crippen LogP contribution in [0, 0.1) is 10.1 Å². The predicted molar refractivity (Wildman–Crippen MR) is 93.2 cm³/mol. The van der Waals surface area contributed by atoms with Crippen LogP contribution < -0.4 is 9.88 Å². The molecule has 0 aliphatic rings. The number of pyridine rings is 1. The number of benzene rings is 2. The van der Waals surface area contributed by atoms with Crippen molar-refractivity contribution in [1.82, 2.24) is 0 Å². The summed E-state index contributed by atoms with van der Waals surface area (Å²) in [5.74, 6) is -0.191. The van der Waals surface area contributed by atoms with Crippen molar-refractivity contribution in [3.8, 4) is 0 Å². The average molecular weight is 334 g/mol. The third-order valence-electron chi connectivity index (χ3n) is 3.66. The molecule has 3 rings (SSSR count). The van der Waals surface area contributed by atoms with Crippen LogP contribution in [0.3, 0.4) is 0 Å². The molecule has 0 saturated heterocycles. The maximum atomic E-state index is 12.3. The van der Waals surface area contributed by atoms with E-state index in [1.165, 1.54) is 12.1 Å². The van der Waals surface area contributed by atoms with Crippen LogP contribution in [0.2, 0.25) is 0 Å². The van der Waals surface area contributed by atoms with Crippen molar-refractivity contribution in [2.75, 3.05) is 5.32 Å². The molecule has 3 aromatic rings. The third-order valence-corrected chi connectivity index (χ3v) is 3.66. The number of nitrogens with one attached hydrogen (secondary N) is 1. The number of nitro groups is 1. The first-order chi connectivity index (χ1) is 12.1. The maximum absolute atomic E-state index is 12.3. The van der Waals surface area contributed by atoms with Crippen molar-refractivity contribution in [3.05, 3.63) is 100 Å². The first kappa shape index (κ1) is 16.3. The number of aromatic nitrogens is 1. The number of carbonyl (C=O) groups excluding carboxylic acids is 1. The van der Waals surface area contributed by atoms with Crippen molar-refractivity contribution >= 4 is 17.3 Å². The summed E-state index contributed by atoms with van der Waals surface area (Å²) < 4.78 is 1.86. The van der Waals surface area contributed by atoms with Gasteiger partial charge in [0.1, 0.15) is 5.56 Å². The van der Waals surface area contributed by atoms with Crippen LogP contribution in [0.5, 0.6) is 0 Å². The lowest BCUT2D eigenvalue weighted by molar-refractivity contribution is -0.688. The zero-order valence-corrected chi connectivity index (χ0v) is 13.3. The molecule has 2 aromatic carbocycles. The van der Waals surface area contributed by atoms with Gasteiger partial charge >= 0.3 is 0 Å². The molecule has 0 atom stereocenters. The quantitative estimate of drug-likeness (QED) is 0.442. The topological polar surface area (TPSA) is 76.1 Å². The Kier molecular flexibility index (Phi) is 4.80. The van der Waals surface area contributed by atoms with E-state index in [-0.39, 0.29) is 11.6 Å². The molecule has 6 nitrogen and oxygen atoms in total. The lowest BCUT2D eigenvalue weighted by Gasteiger charge is -2.04. The zero-order chi connectivity index (χ0) is 17.6. The Morgan fingerprint density at radius 3 is 2.40 bits per heavy atom. The highest BCUT2D eigenvalue weighted by molar-refractivity contribution is 6.03. The number of anilines is 1. The third kappa shape index (κ3) is 4.26. The fraction of sp³-hybridized carbons (Fsp3) is 0.0526. The highest BCUT2D eigenvalue weighted by Gasteiger charge is 2.12. The molecule has 0 aliphatic carbocycles. The predicted octanol–water partition coefficient (Wildman–Crippen LogP) is 3.18. The molecule has 0 bridgehead atoms. The number of hydrogen-bond donors (Lipinski definition) is 1. The summed E-state index contributed by atoms with van der Waals surface area (Å²) in [7, 11) is 0. The Hall–Kier alpha value is -3.54. The van der Waals surface area contributed by atoms with Crippen LogP contribution in [0.4, 0.5) is 11.4 Å². The van der Waals surface area contributed by atoms with Gasteiger partial charge in [0.05, 0.1) is 4.92 Å². The van der Waals surface area contributed by atoms with Crippen LogP contribution in [-0.4, -0.2) is 10.8 Å². The van der Waals surface area contributed by atoms with Crippen molar-refractivity contribution < 1.29 is 14.3 Å². The number of para-hydroxylation sites is 1. The van der Waals surface area contributed by atoms with E-state index < -0.39 is 4.92 Å². The van der Waals surface area contributed by atoms with E-state index in [4.69, 9.17) is 0 Å². The van der Waals surface area contributed by atoms with Crippen LogP contribution >= 0.6 is 0 Å². The average Bonchev–Trinajstić information content (AvgIpc) is 2.63. The molecule has 124 valence electrons. The number of nitrogens with zero attached hydrogens (tertiary/aromatic N) is 2. The lowest BCUT2D eigenvalue weighted by Crippen LogP contribution is -2.34. The standard InChI is InChI=1S/C19H15N3O3/c23-19(20-17-6-2-1-3-7-17)16-5-4-12-21(14-16)13-15-8-10-18(11-9-15)22(24)25/h1-12,14H,13H2/p+1. The molecule has 0 fully saturated rings. The number of non-ortho nitro benzene ring substituents is 1. The minimum Gasteiger partial charge on any atom is -0.322 e. The molecular formula is C19H16N3O3+. The molecule has 6 heteroatoms. The highest BCUT2D eigenvalue weighted by Crippen LogP contribution is 2.12. The summed E-state index contributed by atoms with van der Waals surface area (Å²) in [6.07, 6.45) is 3.60. The van der Waals surface area contributed by atoms with E-state index in [0.29, 0.717) is 12.1 Å². The van der Waals surface area contributed by atoms with E-state index >= 15 is 0 Å². The van der Waals surface area contributed by atoms with E-state index in [1.807, 2.05) is 41.1 Å². The van der Waals surface area contributed by atoms with Gasteiger partial charge in [-0.05, 0) is 30.3 Å². The molecule has 0 aliphatic heterocycles. The van der Waals surface area contributed by atoms with Crippen LogP contribution in [0.25, 0.3) is 0 Å². The second kappa shape index (κ2) is 7.35. The van der Waals surface area contributed by atoms with E-state index in [9.17, 15) is 14.9 Å². The second-order valence-electron chi connectivity index (χ2n) is 5.51. The first-order valence-electron chi connectivity index (χ1n) is 7.71. The normalized spacial score (nSPS) is 10.2. The van der Waals surface area contributed by atoms with Crippen molar-refractivity contribution in [2.24, 2.45) is 0 Å². The molecule has 1 heterocycles. The molecule has 0 spiro atoms. The Balaban J connectivity index is 1.72. The fourth-order valence-electron chi connectivity index (χ4n) is 2.41. The fourth-order valence-corrected chi connectivity index (χ4v) is 2.41. The van der Waals surface area contributed by atoms with E-state index in [1.54, 1.807) is 30.5 Å². The van der Waals surface area contributed by atoms with E-state index in [0.717, 1.165) is 11.3 Å². The summed E-state index contributed by atoms with van der Waals surface area (Å²) in [5.41, 5.74) is 2.24. The molecule has 1 amide bonds. The largest absolute Gasteiger partial charge is 0.322 e. The number of hydrogen-bond acceptors (Lipinski definition) is 3. The summed E-state index contributed by atoms with van der Waals surface area (Å²) >= 11 is 0. The molecule has 0 radical (unpaired) electrons. The van der Waals surface area contributed by atoms with Crippen LogP contribution in [0.15, 0.2) is 79.1 Å². The number of amides is 1. The molecule has 0 unspecified atom stereocenters. The van der Waals surface area contributed by atoms with E-state index in [2.05, 4.69) is 5.32 Å². The summed E-state index contributed by atoms with van der Waals surface area (Å²) in [5, 5.41) is 13.5. The van der Waals surface area contributed by atoms with Gasteiger partial charge in [0, 0.05) is 29.4 Å². The molecule has 1 aromatic heterocycles. The van der Waals surface area contributed by atoms with Gasteiger partial charge in [0.25, 0.3) is 11.6 Å². The monoisotopic (exact) mass is 334 g/mol. The summed E-state index contributed by atoms with van der Waals surface area (Å²) in [6.45, 7) is 0.518. The van der Waals surface area contributed by atoms with Gasteiger partial charge in [-0.25, -0.2) is 0 Å². The van der Waals surface area contributed by atoms with Crippen molar-refractivity contribution in [1.29, 1.82) is 0 Å². The van der Waals surface area contributed by atoms with Gasteiger partial charge in [-0.2, -0.15) is 4.57 Å². The minimum atomic E-state index is -0.425. The number of carbonyl (C=O) groups is 1. The van der Waals surface area contributed by atoms with Gasteiger partial charge in [0.2, 0.25) is 0 Å². The van der Waals surface area contributed by atoms with Crippen molar-refractivity contribution in [3.63, 3.8) is 0 Å². The Morgan fingerprint density at radius 1 is 1.00 bits per heavy atom. The first-order valence-corrected chi connectivity index (χ1v) is 7.71. The molecular weight excluding hydrogens is 318 g/mol. The Labute approximate surface area is 144 Å². The maximum Gasteiger partial charge on any atom is 0.269 e. The van der Waals surface area contributed by atoms with Crippen LogP contribution in [0.1, 0.15) is 15.9 Å². The number of nitro benzene ring substituents is 1. The second-order valence-corrected chi connectivity index (χ2v) is 5.51. The molecule has 25 heavy (non-hydrogen) atoms. The summed E-state index contributed by atoms with van der Waals surface area (Å²) in [6, 6.07) is 19.2. The van der Waals surface area contributed by atoms with Gasteiger partial charge in [-0.15, -0.1) is 0 Å². The summed E-state index contributed by atoms with van der Waals surface area (Å²) in [4.78, 5) is 22.6. The minimum absolute atomic E-state index is 0.0599. The number of rotatable bonds is 5. The molecule has 1 N–H and O–H groups in total. The van der Waals surface area contributed by atoms with Gasteiger partial charge < -0.3 is 5.32 Å². The van der Waals surface area contributed by atoms with Gasteiger partial charge in [0.15, 0.2) is 18.9 Å². The smallest absolute Gasteiger partial charge is 0.269 e. The lowest BCUT2D eigenvalue weighted by atomic mass is 10.2. The Bertz CT molecular complexity index is 893. The van der Waals surface area contributed by atoms with Crippen LogP contribution in [-0.2, 0) is 6.54 Å². The van der Waals surface area contributed by atoms with Gasteiger partial charge in [-0.1, -0.05) is 18.2 Å². The highest BCUT2D eigenvalue weighted by atomic mass is 16.6. The van der Waals surface area contributed by atoms with Crippen molar-refractivity contribution in [2.45, 2.75) is 6.54 Å². The Morgan fingerprint density at radius 2 is 1.72 bits per heavy atom. The zero-order valence-electron chi connectivity index (χ0n) is 13.3. The SMILES string of the molecule is O=C(Nc1ccccc1)c1ccc[n+](Cc2ccc([N+](=O)[O-])cc2)c1. The van der Waals surface area contributed by atoms with Gasteiger partial charge in [-0.3, -0.25) is 14.9 Å². The molecule has 0 saturated carbocycles.